The summed E-state index contributed by atoms with van der Waals surface area (Å²) >= 11 is 6.30. The first-order valence-corrected chi connectivity index (χ1v) is 10.6. The monoisotopic (exact) mass is 419 g/mol. The Morgan fingerprint density at radius 1 is 1.07 bits per heavy atom. The van der Waals surface area contributed by atoms with Crippen molar-refractivity contribution in [2.75, 3.05) is 7.05 Å². The number of thiocarbonyl (C=S) groups is 1. The molecule has 0 unspecified atom stereocenters. The van der Waals surface area contributed by atoms with Crippen LogP contribution in [-0.4, -0.2) is 30.6 Å². The maximum Gasteiger partial charge on any atom is 0.339 e. The van der Waals surface area contributed by atoms with Gasteiger partial charge >= 0.3 is 10.1 Å². The van der Waals surface area contributed by atoms with Gasteiger partial charge in [0.05, 0.1) is 4.91 Å². The van der Waals surface area contributed by atoms with Crippen molar-refractivity contribution in [3.05, 3.63) is 64.1 Å². The molecule has 5 nitrogen and oxygen atoms in total. The van der Waals surface area contributed by atoms with Crippen LogP contribution >= 0.6 is 24.0 Å². The predicted molar refractivity (Wildman–Crippen MR) is 111 cm³/mol. The zero-order valence-corrected chi connectivity index (χ0v) is 17.4. The molecule has 0 atom stereocenters. The molecule has 1 aliphatic rings. The Bertz CT molecular complexity index is 1060. The number of rotatable bonds is 4. The van der Waals surface area contributed by atoms with Crippen LogP contribution in [0.2, 0.25) is 0 Å². The Morgan fingerprint density at radius 3 is 2.30 bits per heavy atom. The van der Waals surface area contributed by atoms with Crippen LogP contribution in [0.15, 0.2) is 52.3 Å². The van der Waals surface area contributed by atoms with Crippen molar-refractivity contribution in [3.8, 4) is 5.75 Å². The Kier molecular flexibility index (Phi) is 5.41. The van der Waals surface area contributed by atoms with Gasteiger partial charge in [0.15, 0.2) is 0 Å². The fraction of sp³-hybridized carbons (Fsp3) is 0.158. The van der Waals surface area contributed by atoms with Gasteiger partial charge in [-0.05, 0) is 44.2 Å². The SMILES string of the molecule is Cc1ccc(S(=O)(=O)Oc2ccc(C)cc2/C=C2\SC(=S)N(C)C2=O)cc1. The number of nitrogens with zero attached hydrogens (tertiary/aromatic N) is 1. The number of likely N-dealkylation sites (N-methyl/N-ethyl adjacent to an activating group) is 1. The summed E-state index contributed by atoms with van der Waals surface area (Å²) in [5.74, 6) is -0.0682. The van der Waals surface area contributed by atoms with E-state index in [1.165, 1.54) is 28.8 Å². The van der Waals surface area contributed by atoms with Crippen molar-refractivity contribution in [1.29, 1.82) is 0 Å². The molecule has 0 radical (unpaired) electrons. The van der Waals surface area contributed by atoms with Crippen molar-refractivity contribution in [2.24, 2.45) is 0 Å². The minimum Gasteiger partial charge on any atom is -0.378 e. The van der Waals surface area contributed by atoms with Crippen LogP contribution in [0.5, 0.6) is 5.75 Å². The molecule has 0 bridgehead atoms. The van der Waals surface area contributed by atoms with E-state index in [2.05, 4.69) is 0 Å². The smallest absolute Gasteiger partial charge is 0.339 e. The second kappa shape index (κ2) is 7.46. The topological polar surface area (TPSA) is 63.7 Å². The molecule has 3 rings (SSSR count). The van der Waals surface area contributed by atoms with E-state index in [9.17, 15) is 13.2 Å². The molecule has 0 spiro atoms. The van der Waals surface area contributed by atoms with E-state index in [0.29, 0.717) is 14.8 Å². The third-order valence-electron chi connectivity index (χ3n) is 3.95. The van der Waals surface area contributed by atoms with Crippen LogP contribution in [0, 0.1) is 13.8 Å². The van der Waals surface area contributed by atoms with Crippen molar-refractivity contribution >= 4 is 50.4 Å². The lowest BCUT2D eigenvalue weighted by molar-refractivity contribution is -0.121. The van der Waals surface area contributed by atoms with Gasteiger partial charge in [0.25, 0.3) is 5.91 Å². The predicted octanol–water partition coefficient (Wildman–Crippen LogP) is 3.90. The molecule has 0 aliphatic carbocycles. The second-order valence-electron chi connectivity index (χ2n) is 6.13. The molecule has 27 heavy (non-hydrogen) atoms. The number of amides is 1. The van der Waals surface area contributed by atoms with Crippen molar-refractivity contribution < 1.29 is 17.4 Å². The maximum absolute atomic E-state index is 12.6. The molecule has 2 aromatic rings. The van der Waals surface area contributed by atoms with Gasteiger partial charge < -0.3 is 4.18 Å². The number of carbonyl (C=O) groups excluding carboxylic acids is 1. The fourth-order valence-corrected chi connectivity index (χ4v) is 4.54. The molecule has 1 fully saturated rings. The Labute approximate surface area is 168 Å². The van der Waals surface area contributed by atoms with Crippen LogP contribution in [0.1, 0.15) is 16.7 Å². The molecule has 1 amide bonds. The summed E-state index contributed by atoms with van der Waals surface area (Å²) in [7, 11) is -2.39. The Hall–Kier alpha value is -2.16. The van der Waals surface area contributed by atoms with E-state index < -0.39 is 10.1 Å². The average molecular weight is 420 g/mol. The van der Waals surface area contributed by atoms with E-state index in [1.54, 1.807) is 43.5 Å². The highest BCUT2D eigenvalue weighted by molar-refractivity contribution is 8.26. The molecule has 8 heteroatoms. The van der Waals surface area contributed by atoms with E-state index in [4.69, 9.17) is 16.4 Å². The minimum atomic E-state index is -3.99. The van der Waals surface area contributed by atoms with Gasteiger partial charge in [-0.3, -0.25) is 9.69 Å². The summed E-state index contributed by atoms with van der Waals surface area (Å²) in [6.07, 6.45) is 1.61. The Balaban J connectivity index is 1.99. The van der Waals surface area contributed by atoms with Gasteiger partial charge in [0.1, 0.15) is 15.0 Å². The van der Waals surface area contributed by atoms with Gasteiger partial charge in [-0.25, -0.2) is 0 Å². The van der Waals surface area contributed by atoms with Crippen LogP contribution in [0.4, 0.5) is 0 Å². The molecule has 1 saturated heterocycles. The fourth-order valence-electron chi connectivity index (χ4n) is 2.41. The number of carbonyl (C=O) groups is 1. The minimum absolute atomic E-state index is 0.0690. The van der Waals surface area contributed by atoms with Gasteiger partial charge in [0.2, 0.25) is 0 Å². The average Bonchev–Trinajstić information content (AvgIpc) is 2.84. The summed E-state index contributed by atoms with van der Waals surface area (Å²) in [5.41, 5.74) is 2.36. The molecule has 1 heterocycles. The Morgan fingerprint density at radius 2 is 1.70 bits per heavy atom. The van der Waals surface area contributed by atoms with Gasteiger partial charge in [0, 0.05) is 12.6 Å². The van der Waals surface area contributed by atoms with E-state index >= 15 is 0 Å². The summed E-state index contributed by atoms with van der Waals surface area (Å²) in [4.78, 5) is 14.1. The molecule has 2 aromatic carbocycles. The number of hydrogen-bond donors (Lipinski definition) is 0. The van der Waals surface area contributed by atoms with Gasteiger partial charge in [-0.1, -0.05) is 53.3 Å². The summed E-state index contributed by atoms with van der Waals surface area (Å²) in [6, 6.07) is 11.5. The summed E-state index contributed by atoms with van der Waals surface area (Å²) in [6.45, 7) is 3.75. The van der Waals surface area contributed by atoms with Crippen molar-refractivity contribution in [1.82, 2.24) is 4.90 Å². The van der Waals surface area contributed by atoms with Crippen molar-refractivity contribution in [2.45, 2.75) is 18.7 Å². The van der Waals surface area contributed by atoms with E-state index in [1.807, 2.05) is 13.8 Å². The normalized spacial score (nSPS) is 16.3. The molecule has 140 valence electrons. The maximum atomic E-state index is 12.6. The van der Waals surface area contributed by atoms with Crippen LogP contribution in [0.3, 0.4) is 0 Å². The number of thioether (sulfide) groups is 1. The zero-order valence-electron chi connectivity index (χ0n) is 14.9. The number of hydrogen-bond acceptors (Lipinski definition) is 6. The first-order chi connectivity index (χ1) is 12.7. The lowest BCUT2D eigenvalue weighted by Gasteiger charge is -2.11. The lowest BCUT2D eigenvalue weighted by Crippen LogP contribution is -2.22. The van der Waals surface area contributed by atoms with Crippen LogP contribution in [0.25, 0.3) is 6.08 Å². The summed E-state index contributed by atoms with van der Waals surface area (Å²) < 4.78 is 31.0. The highest BCUT2D eigenvalue weighted by Gasteiger charge is 2.29. The van der Waals surface area contributed by atoms with Gasteiger partial charge in [-0.2, -0.15) is 8.42 Å². The summed E-state index contributed by atoms with van der Waals surface area (Å²) in [5, 5.41) is 0. The highest BCUT2D eigenvalue weighted by atomic mass is 32.2. The molecule has 0 aromatic heterocycles. The third-order valence-corrected chi connectivity index (χ3v) is 6.68. The van der Waals surface area contributed by atoms with E-state index in [0.717, 1.165) is 11.1 Å². The highest BCUT2D eigenvalue weighted by Crippen LogP contribution is 2.34. The second-order valence-corrected chi connectivity index (χ2v) is 9.35. The molecule has 1 aliphatic heterocycles. The van der Waals surface area contributed by atoms with Gasteiger partial charge in [-0.15, -0.1) is 0 Å². The number of benzene rings is 2. The standard InChI is InChI=1S/C19H17NO4S3/c1-12-4-7-15(8-5-12)27(22,23)24-16-9-6-13(2)10-14(16)11-17-18(21)20(3)19(25)26-17/h4-11H,1-3H3/b17-11-. The molecule has 0 N–H and O–H groups in total. The molecular formula is C19H17NO4S3. The van der Waals surface area contributed by atoms with Crippen molar-refractivity contribution in [3.63, 3.8) is 0 Å². The van der Waals surface area contributed by atoms with Crippen LogP contribution in [-0.2, 0) is 14.9 Å². The quantitative estimate of drug-likeness (QED) is 0.425. The lowest BCUT2D eigenvalue weighted by atomic mass is 10.1. The van der Waals surface area contributed by atoms with Crippen LogP contribution < -0.4 is 4.18 Å². The third kappa shape index (κ3) is 4.23. The zero-order chi connectivity index (χ0) is 19.8. The largest absolute Gasteiger partial charge is 0.378 e. The first kappa shape index (κ1) is 19.6. The van der Waals surface area contributed by atoms with E-state index in [-0.39, 0.29) is 16.6 Å². The molecular weight excluding hydrogens is 402 g/mol. The first-order valence-electron chi connectivity index (χ1n) is 8.01. The molecule has 0 saturated carbocycles. The number of aryl methyl sites for hydroxylation is 2.